The highest BCUT2D eigenvalue weighted by molar-refractivity contribution is 7.98. The van der Waals surface area contributed by atoms with Gasteiger partial charge in [-0.15, -0.1) is 0 Å². The Hall–Kier alpha value is -0.960. The van der Waals surface area contributed by atoms with Gasteiger partial charge in [-0.2, -0.15) is 24.9 Å². The number of alkyl halides is 3. The van der Waals surface area contributed by atoms with Crippen LogP contribution < -0.4 is 0 Å². The first kappa shape index (κ1) is 20.4. The molecule has 0 bridgehead atoms. The summed E-state index contributed by atoms with van der Waals surface area (Å²) < 4.78 is 38.1. The molecule has 1 N–H and O–H groups in total. The van der Waals surface area contributed by atoms with E-state index in [1.54, 1.807) is 16.7 Å². The lowest BCUT2D eigenvalue weighted by Gasteiger charge is -2.25. The predicted octanol–water partition coefficient (Wildman–Crippen LogP) is 1.61. The number of aliphatic hydroxyl groups excluding tert-OH is 1. The summed E-state index contributed by atoms with van der Waals surface area (Å²) in [4.78, 5) is 27.2. The van der Waals surface area contributed by atoms with Gasteiger partial charge in [0.1, 0.15) is 5.92 Å². The van der Waals surface area contributed by atoms with Gasteiger partial charge >= 0.3 is 6.18 Å². The van der Waals surface area contributed by atoms with Crippen LogP contribution in [-0.2, 0) is 9.59 Å². The fraction of sp³-hybridized carbons (Fsp3) is 0.875. The molecule has 4 atom stereocenters. The second kappa shape index (κ2) is 8.16. The van der Waals surface area contributed by atoms with Gasteiger partial charge in [0, 0.05) is 38.0 Å². The van der Waals surface area contributed by atoms with Gasteiger partial charge in [0.05, 0.1) is 12.5 Å². The molecule has 2 heterocycles. The zero-order valence-electron chi connectivity index (χ0n) is 14.5. The molecule has 0 aromatic heterocycles. The second-order valence-corrected chi connectivity index (χ2v) is 7.95. The zero-order chi connectivity index (χ0) is 18.8. The summed E-state index contributed by atoms with van der Waals surface area (Å²) in [5, 5.41) is 9.85. The third-order valence-electron chi connectivity index (χ3n) is 5.08. The molecule has 2 saturated heterocycles. The molecule has 2 amide bonds. The number of aliphatic hydroxyl groups is 1. The summed E-state index contributed by atoms with van der Waals surface area (Å²) in [5.41, 5.74) is 0. The van der Waals surface area contributed by atoms with Crippen molar-refractivity contribution >= 4 is 23.6 Å². The summed E-state index contributed by atoms with van der Waals surface area (Å²) in [6.45, 7) is 2.32. The van der Waals surface area contributed by atoms with Gasteiger partial charge in [-0.25, -0.2) is 0 Å². The summed E-state index contributed by atoms with van der Waals surface area (Å²) in [6.07, 6.45) is -2.61. The number of rotatable bonds is 6. The molecule has 0 aromatic rings. The lowest BCUT2D eigenvalue weighted by atomic mass is 10.0. The summed E-state index contributed by atoms with van der Waals surface area (Å²) >= 11 is 1.61. The maximum absolute atomic E-state index is 12.7. The Morgan fingerprint density at radius 3 is 2.16 bits per heavy atom. The van der Waals surface area contributed by atoms with E-state index < -0.39 is 24.1 Å². The number of nitrogens with zero attached hydrogens (tertiary/aromatic N) is 2. The Morgan fingerprint density at radius 1 is 1.16 bits per heavy atom. The van der Waals surface area contributed by atoms with Crippen molar-refractivity contribution in [3.63, 3.8) is 0 Å². The Kier molecular flexibility index (Phi) is 6.64. The highest BCUT2D eigenvalue weighted by Crippen LogP contribution is 2.34. The highest BCUT2D eigenvalue weighted by Gasteiger charge is 2.48. The quantitative estimate of drug-likeness (QED) is 0.758. The second-order valence-electron chi connectivity index (χ2n) is 6.96. The van der Waals surface area contributed by atoms with E-state index in [0.29, 0.717) is 19.5 Å². The van der Waals surface area contributed by atoms with E-state index in [-0.39, 0.29) is 37.3 Å². The first-order valence-electron chi connectivity index (χ1n) is 8.43. The number of thioether (sulfide) groups is 1. The molecule has 0 aromatic carbocycles. The number of amides is 2. The number of halogens is 3. The van der Waals surface area contributed by atoms with Gasteiger partial charge in [-0.3, -0.25) is 9.59 Å². The standard InChI is InChI=1S/C16H25F3N2O3S/c1-10(16(17,18)19)15(24)21-8-11-6-20(7-12(11)9-21)14(23)5-13(22)3-4-25-2/h10-13,22H,3-9H2,1-2H3/t10?,11-,12+,13-/m0/s1. The molecule has 0 spiro atoms. The minimum atomic E-state index is -4.52. The molecule has 2 aliphatic heterocycles. The molecule has 144 valence electrons. The van der Waals surface area contributed by atoms with Gasteiger partial charge in [-0.05, 0) is 25.4 Å². The van der Waals surface area contributed by atoms with E-state index in [9.17, 15) is 27.9 Å². The van der Waals surface area contributed by atoms with Crippen LogP contribution in [0.4, 0.5) is 13.2 Å². The maximum atomic E-state index is 12.7. The fourth-order valence-electron chi connectivity index (χ4n) is 3.48. The average Bonchev–Trinajstić information content (AvgIpc) is 3.09. The van der Waals surface area contributed by atoms with E-state index in [4.69, 9.17) is 0 Å². The Morgan fingerprint density at radius 2 is 1.68 bits per heavy atom. The predicted molar refractivity (Wildman–Crippen MR) is 89.0 cm³/mol. The van der Waals surface area contributed by atoms with Crippen molar-refractivity contribution < 1.29 is 27.9 Å². The van der Waals surface area contributed by atoms with E-state index in [2.05, 4.69) is 0 Å². The average molecular weight is 382 g/mol. The maximum Gasteiger partial charge on any atom is 0.400 e. The Labute approximate surface area is 149 Å². The molecule has 1 unspecified atom stereocenters. The van der Waals surface area contributed by atoms with E-state index in [1.807, 2.05) is 6.26 Å². The van der Waals surface area contributed by atoms with Crippen molar-refractivity contribution in [3.05, 3.63) is 0 Å². The smallest absolute Gasteiger partial charge is 0.393 e. The third-order valence-corrected chi connectivity index (χ3v) is 5.72. The molecule has 5 nitrogen and oxygen atoms in total. The van der Waals surface area contributed by atoms with Crippen LogP contribution in [0.5, 0.6) is 0 Å². The van der Waals surface area contributed by atoms with Crippen LogP contribution in [0.2, 0.25) is 0 Å². The van der Waals surface area contributed by atoms with Crippen molar-refractivity contribution in [1.29, 1.82) is 0 Å². The van der Waals surface area contributed by atoms with Gasteiger partial charge in [0.15, 0.2) is 0 Å². The number of carbonyl (C=O) groups is 2. The van der Waals surface area contributed by atoms with Gasteiger partial charge < -0.3 is 14.9 Å². The molecule has 2 aliphatic rings. The zero-order valence-corrected chi connectivity index (χ0v) is 15.3. The van der Waals surface area contributed by atoms with Crippen molar-refractivity contribution in [3.8, 4) is 0 Å². The monoisotopic (exact) mass is 382 g/mol. The first-order valence-corrected chi connectivity index (χ1v) is 9.83. The van der Waals surface area contributed by atoms with Crippen LogP contribution in [-0.4, -0.2) is 77.2 Å². The van der Waals surface area contributed by atoms with Crippen LogP contribution in [0, 0.1) is 17.8 Å². The van der Waals surface area contributed by atoms with E-state index >= 15 is 0 Å². The lowest BCUT2D eigenvalue weighted by molar-refractivity contribution is -0.185. The van der Waals surface area contributed by atoms with Crippen molar-refractivity contribution in [2.75, 3.05) is 38.2 Å². The number of carbonyl (C=O) groups excluding carboxylic acids is 2. The number of hydrogen-bond acceptors (Lipinski definition) is 4. The molecular formula is C16H25F3N2O3S. The summed E-state index contributed by atoms with van der Waals surface area (Å²) in [6, 6.07) is 0. The van der Waals surface area contributed by atoms with Gasteiger partial charge in [0.2, 0.25) is 11.8 Å². The molecule has 9 heteroatoms. The SMILES string of the molecule is CSCC[C@H](O)CC(=O)N1C[C@@H]2CN(C(=O)C(C)C(F)(F)F)C[C@@H]2C1. The van der Waals surface area contributed by atoms with Crippen LogP contribution in [0.1, 0.15) is 19.8 Å². The molecule has 0 radical (unpaired) electrons. The van der Waals surface area contributed by atoms with E-state index in [0.717, 1.165) is 12.7 Å². The van der Waals surface area contributed by atoms with E-state index in [1.165, 1.54) is 4.90 Å². The first-order chi connectivity index (χ1) is 11.6. The minimum absolute atomic E-state index is 0.0247. The lowest BCUT2D eigenvalue weighted by Crippen LogP contribution is -2.42. The van der Waals surface area contributed by atoms with Gasteiger partial charge in [-0.1, -0.05) is 0 Å². The number of hydrogen-bond donors (Lipinski definition) is 1. The Balaban J connectivity index is 1.82. The Bertz CT molecular complexity index is 490. The highest BCUT2D eigenvalue weighted by atomic mass is 32.2. The number of fused-ring (bicyclic) bond motifs is 1. The molecule has 0 saturated carbocycles. The largest absolute Gasteiger partial charge is 0.400 e. The van der Waals surface area contributed by atoms with Gasteiger partial charge in [0.25, 0.3) is 0 Å². The van der Waals surface area contributed by atoms with Crippen molar-refractivity contribution in [2.24, 2.45) is 17.8 Å². The topological polar surface area (TPSA) is 60.9 Å². The molecule has 0 aliphatic carbocycles. The van der Waals surface area contributed by atoms with Crippen molar-refractivity contribution in [1.82, 2.24) is 9.80 Å². The third kappa shape index (κ3) is 5.03. The van der Waals surface area contributed by atoms with Crippen LogP contribution in [0.15, 0.2) is 0 Å². The van der Waals surface area contributed by atoms with Crippen molar-refractivity contribution in [2.45, 2.75) is 32.0 Å². The van der Waals surface area contributed by atoms with Crippen LogP contribution in [0.3, 0.4) is 0 Å². The fourth-order valence-corrected chi connectivity index (χ4v) is 3.98. The molecular weight excluding hydrogens is 357 g/mol. The van der Waals surface area contributed by atoms with Crippen LogP contribution >= 0.6 is 11.8 Å². The molecule has 2 fully saturated rings. The molecule has 25 heavy (non-hydrogen) atoms. The summed E-state index contributed by atoms with van der Waals surface area (Å²) in [5.74, 6) is -2.16. The number of likely N-dealkylation sites (tertiary alicyclic amines) is 2. The molecule has 2 rings (SSSR count). The van der Waals surface area contributed by atoms with Crippen LogP contribution in [0.25, 0.3) is 0 Å². The summed E-state index contributed by atoms with van der Waals surface area (Å²) in [7, 11) is 0. The normalized spacial score (nSPS) is 25.8. The minimum Gasteiger partial charge on any atom is -0.393 e.